The summed E-state index contributed by atoms with van der Waals surface area (Å²) >= 11 is 0. The number of rotatable bonds is 4. The van der Waals surface area contributed by atoms with Crippen LogP contribution in [0.25, 0.3) is 0 Å². The smallest absolute Gasteiger partial charge is 0.374 e. The maximum Gasteiger partial charge on any atom is 0.392 e. The van der Waals surface area contributed by atoms with Crippen molar-refractivity contribution < 1.29 is 13.2 Å². The molecule has 1 aliphatic rings. The third-order valence-electron chi connectivity index (χ3n) is 3.73. The van der Waals surface area contributed by atoms with Gasteiger partial charge in [-0.2, -0.15) is 13.2 Å². The number of halogens is 3. The molecule has 1 aliphatic heterocycles. The molecule has 5 heteroatoms. The summed E-state index contributed by atoms with van der Waals surface area (Å²) in [6.07, 6.45) is -3.25. The topological polar surface area (TPSA) is 29.3 Å². The summed E-state index contributed by atoms with van der Waals surface area (Å²) in [5, 5.41) is 0. The Morgan fingerprint density at radius 2 is 2.11 bits per heavy atom. The van der Waals surface area contributed by atoms with Crippen LogP contribution >= 0.6 is 0 Å². The van der Waals surface area contributed by atoms with Crippen molar-refractivity contribution in [3.05, 3.63) is 29.3 Å². The Labute approximate surface area is 111 Å². The second-order valence-electron chi connectivity index (χ2n) is 5.15. The lowest BCUT2D eigenvalue weighted by Gasteiger charge is -2.20. The second-order valence-corrected chi connectivity index (χ2v) is 5.15. The summed E-state index contributed by atoms with van der Waals surface area (Å²) in [4.78, 5) is 2.13. The summed E-state index contributed by atoms with van der Waals surface area (Å²) in [7, 11) is 2.00. The number of hydrogen-bond acceptors (Lipinski definition) is 2. The quantitative estimate of drug-likeness (QED) is 0.913. The predicted molar refractivity (Wildman–Crippen MR) is 70.3 cm³/mol. The molecule has 1 heterocycles. The van der Waals surface area contributed by atoms with Crippen LogP contribution in [0, 0.1) is 5.92 Å². The van der Waals surface area contributed by atoms with Crippen LogP contribution in [-0.4, -0.2) is 26.3 Å². The molecule has 0 bridgehead atoms. The first kappa shape index (κ1) is 14.2. The molecular formula is C14H19F3N2. The predicted octanol–water partition coefficient (Wildman–Crippen LogP) is 2.75. The average molecular weight is 272 g/mol. The molecule has 2 nitrogen and oxygen atoms in total. The first-order chi connectivity index (χ1) is 8.91. The molecule has 0 saturated carbocycles. The maximum absolute atomic E-state index is 12.9. The number of likely N-dealkylation sites (N-methyl/N-ethyl adjacent to an activating group) is 1. The minimum atomic E-state index is -4.17. The minimum absolute atomic E-state index is 0.0134. The van der Waals surface area contributed by atoms with Gasteiger partial charge in [-0.3, -0.25) is 0 Å². The van der Waals surface area contributed by atoms with Gasteiger partial charge in [0.15, 0.2) is 0 Å². The number of fused-ring (bicyclic) bond motifs is 1. The normalized spacial score (nSPS) is 16.6. The summed E-state index contributed by atoms with van der Waals surface area (Å²) in [5.41, 5.74) is 8.31. The molecule has 1 atom stereocenters. The molecule has 1 aromatic rings. The lowest BCUT2D eigenvalue weighted by Crippen LogP contribution is -2.27. The second kappa shape index (κ2) is 5.41. The van der Waals surface area contributed by atoms with Crippen LogP contribution in [0.2, 0.25) is 0 Å². The monoisotopic (exact) mass is 272 g/mol. The van der Waals surface area contributed by atoms with Crippen LogP contribution in [0.15, 0.2) is 18.2 Å². The molecule has 0 saturated heterocycles. The Kier molecular flexibility index (Phi) is 4.04. The fraction of sp³-hybridized carbons (Fsp3) is 0.571. The van der Waals surface area contributed by atoms with Gasteiger partial charge in [-0.15, -0.1) is 0 Å². The average Bonchev–Trinajstić information content (AvgIpc) is 2.69. The summed E-state index contributed by atoms with van der Waals surface area (Å²) in [5.74, 6) is -1.34. The lowest BCUT2D eigenvalue weighted by atomic mass is 9.94. The van der Waals surface area contributed by atoms with Crippen molar-refractivity contribution >= 4 is 5.69 Å². The Bertz CT molecular complexity index is 443. The zero-order valence-electron chi connectivity index (χ0n) is 11.0. The molecular weight excluding hydrogens is 253 g/mol. The number of hydrogen-bond donors (Lipinski definition) is 1. The van der Waals surface area contributed by atoms with Gasteiger partial charge in [0.25, 0.3) is 0 Å². The van der Waals surface area contributed by atoms with Gasteiger partial charge in [-0.1, -0.05) is 12.1 Å². The lowest BCUT2D eigenvalue weighted by molar-refractivity contribution is -0.175. The third kappa shape index (κ3) is 3.21. The third-order valence-corrected chi connectivity index (χ3v) is 3.73. The Morgan fingerprint density at radius 3 is 2.74 bits per heavy atom. The largest absolute Gasteiger partial charge is 0.392 e. The zero-order chi connectivity index (χ0) is 14.0. The van der Waals surface area contributed by atoms with E-state index in [1.165, 1.54) is 0 Å². The van der Waals surface area contributed by atoms with E-state index in [-0.39, 0.29) is 19.4 Å². The molecule has 0 aliphatic carbocycles. The van der Waals surface area contributed by atoms with Crippen molar-refractivity contribution in [2.75, 3.05) is 25.0 Å². The van der Waals surface area contributed by atoms with Gasteiger partial charge < -0.3 is 10.6 Å². The van der Waals surface area contributed by atoms with E-state index in [4.69, 9.17) is 5.73 Å². The highest BCUT2D eigenvalue weighted by atomic mass is 19.4. The number of benzene rings is 1. The van der Waals surface area contributed by atoms with Crippen LogP contribution in [0.4, 0.5) is 18.9 Å². The SMILES string of the molecule is CN1CCc2cc(CC(CCN)C(F)(F)F)ccc21. The summed E-state index contributed by atoms with van der Waals surface area (Å²) in [6.45, 7) is 1.00. The van der Waals surface area contributed by atoms with Gasteiger partial charge in [-0.25, -0.2) is 0 Å². The van der Waals surface area contributed by atoms with Crippen LogP contribution in [0.3, 0.4) is 0 Å². The van der Waals surface area contributed by atoms with Crippen molar-refractivity contribution in [1.29, 1.82) is 0 Å². The Hall–Kier alpha value is -1.23. The van der Waals surface area contributed by atoms with E-state index in [2.05, 4.69) is 4.90 Å². The van der Waals surface area contributed by atoms with E-state index in [0.717, 1.165) is 29.8 Å². The van der Waals surface area contributed by atoms with E-state index in [9.17, 15) is 13.2 Å². The molecule has 1 unspecified atom stereocenters. The van der Waals surface area contributed by atoms with Crippen molar-refractivity contribution in [3.8, 4) is 0 Å². The number of anilines is 1. The van der Waals surface area contributed by atoms with Gasteiger partial charge in [0.05, 0.1) is 5.92 Å². The molecule has 1 aromatic carbocycles. The highest BCUT2D eigenvalue weighted by Crippen LogP contribution is 2.33. The molecule has 0 spiro atoms. The maximum atomic E-state index is 12.9. The van der Waals surface area contributed by atoms with Gasteiger partial charge in [0.1, 0.15) is 0 Å². The van der Waals surface area contributed by atoms with Crippen LogP contribution in [-0.2, 0) is 12.8 Å². The van der Waals surface area contributed by atoms with E-state index in [1.54, 1.807) is 6.07 Å². The summed E-state index contributed by atoms with van der Waals surface area (Å²) < 4.78 is 38.6. The summed E-state index contributed by atoms with van der Waals surface area (Å²) in [6, 6.07) is 5.64. The first-order valence-corrected chi connectivity index (χ1v) is 6.51. The molecule has 19 heavy (non-hydrogen) atoms. The standard InChI is InChI=1S/C14H19F3N2/c1-19-7-5-11-8-10(2-3-13(11)19)9-12(4-6-18)14(15,16)17/h2-3,8,12H,4-7,9,18H2,1H3. The molecule has 0 fully saturated rings. The van der Waals surface area contributed by atoms with Crippen molar-refractivity contribution in [1.82, 2.24) is 0 Å². The molecule has 0 aromatic heterocycles. The molecule has 2 N–H and O–H groups in total. The fourth-order valence-corrected chi connectivity index (χ4v) is 2.61. The zero-order valence-corrected chi connectivity index (χ0v) is 11.0. The number of nitrogens with zero attached hydrogens (tertiary/aromatic N) is 1. The van der Waals surface area contributed by atoms with E-state index >= 15 is 0 Å². The van der Waals surface area contributed by atoms with Gasteiger partial charge in [0.2, 0.25) is 0 Å². The van der Waals surface area contributed by atoms with Gasteiger partial charge in [0, 0.05) is 19.3 Å². The Balaban J connectivity index is 2.14. The van der Waals surface area contributed by atoms with Crippen LogP contribution < -0.4 is 10.6 Å². The Morgan fingerprint density at radius 1 is 1.37 bits per heavy atom. The van der Waals surface area contributed by atoms with Crippen molar-refractivity contribution in [2.45, 2.75) is 25.4 Å². The van der Waals surface area contributed by atoms with E-state index in [0.29, 0.717) is 0 Å². The number of nitrogens with two attached hydrogens (primary N) is 1. The molecule has 106 valence electrons. The highest BCUT2D eigenvalue weighted by molar-refractivity contribution is 5.58. The molecule has 2 rings (SSSR count). The van der Waals surface area contributed by atoms with Gasteiger partial charge >= 0.3 is 6.18 Å². The van der Waals surface area contributed by atoms with Crippen molar-refractivity contribution in [3.63, 3.8) is 0 Å². The highest BCUT2D eigenvalue weighted by Gasteiger charge is 2.38. The van der Waals surface area contributed by atoms with E-state index < -0.39 is 12.1 Å². The minimum Gasteiger partial charge on any atom is -0.374 e. The van der Waals surface area contributed by atoms with Crippen LogP contribution in [0.1, 0.15) is 17.5 Å². The number of alkyl halides is 3. The fourth-order valence-electron chi connectivity index (χ4n) is 2.61. The first-order valence-electron chi connectivity index (χ1n) is 6.51. The van der Waals surface area contributed by atoms with E-state index in [1.807, 2.05) is 19.2 Å². The van der Waals surface area contributed by atoms with Gasteiger partial charge in [-0.05, 0) is 43.0 Å². The van der Waals surface area contributed by atoms with Crippen molar-refractivity contribution in [2.24, 2.45) is 11.7 Å². The molecule has 0 radical (unpaired) electrons. The molecule has 0 amide bonds. The van der Waals surface area contributed by atoms with Crippen LogP contribution in [0.5, 0.6) is 0 Å².